The van der Waals surface area contributed by atoms with Crippen LogP contribution in [0.2, 0.25) is 0 Å². The van der Waals surface area contributed by atoms with Gasteiger partial charge in [0.15, 0.2) is 5.82 Å². The Morgan fingerprint density at radius 3 is 2.39 bits per heavy atom. The topological polar surface area (TPSA) is 98.0 Å². The molecule has 7 rings (SSSR count). The van der Waals surface area contributed by atoms with Gasteiger partial charge >= 0.3 is 0 Å². The van der Waals surface area contributed by atoms with Gasteiger partial charge in [-0.05, 0) is 74.6 Å². The van der Waals surface area contributed by atoms with Crippen LogP contribution >= 0.6 is 0 Å². The van der Waals surface area contributed by atoms with Gasteiger partial charge in [-0.2, -0.15) is 9.90 Å². The van der Waals surface area contributed by atoms with E-state index in [0.717, 1.165) is 48.9 Å². The van der Waals surface area contributed by atoms with E-state index in [-0.39, 0.29) is 11.4 Å². The third-order valence-corrected chi connectivity index (χ3v) is 7.72. The van der Waals surface area contributed by atoms with E-state index in [1.165, 1.54) is 6.42 Å². The number of pyridine rings is 1. The smallest absolute Gasteiger partial charge is 0.246 e. The normalized spacial score (nSPS) is 30.4. The highest BCUT2D eigenvalue weighted by atomic mass is 16.2. The van der Waals surface area contributed by atoms with Gasteiger partial charge in [0.25, 0.3) is 0 Å². The molecule has 0 spiro atoms. The molecule has 4 bridgehead atoms. The van der Waals surface area contributed by atoms with Gasteiger partial charge in [0.1, 0.15) is 0 Å². The minimum atomic E-state index is -0.435. The minimum Gasteiger partial charge on any atom is -0.273 e. The number of hydrazone groups is 1. The third kappa shape index (κ3) is 3.44. The average molecular weight is 442 g/mol. The van der Waals surface area contributed by atoms with Crippen molar-refractivity contribution in [3.8, 4) is 0 Å². The van der Waals surface area contributed by atoms with Crippen molar-refractivity contribution in [3.05, 3.63) is 71.8 Å². The number of hydrogen-bond donors (Lipinski definition) is 1. The highest BCUT2D eigenvalue weighted by Crippen LogP contribution is 2.64. The first kappa shape index (κ1) is 20.2. The molecule has 4 saturated carbocycles. The first-order valence-electron chi connectivity index (χ1n) is 11.7. The molecule has 0 aliphatic heterocycles. The van der Waals surface area contributed by atoms with Gasteiger partial charge < -0.3 is 0 Å². The maximum Gasteiger partial charge on any atom is 0.246 e. The molecule has 168 valence electrons. The van der Waals surface area contributed by atoms with Crippen LogP contribution in [0, 0.1) is 24.2 Å². The lowest BCUT2D eigenvalue weighted by Crippen LogP contribution is -2.61. The van der Waals surface area contributed by atoms with Gasteiger partial charge in [0.05, 0.1) is 16.7 Å². The molecule has 8 nitrogen and oxygen atoms in total. The predicted octanol–water partition coefficient (Wildman–Crippen LogP) is 3.24. The van der Waals surface area contributed by atoms with E-state index in [4.69, 9.17) is 0 Å². The van der Waals surface area contributed by atoms with Gasteiger partial charge in [-0.15, -0.1) is 10.2 Å². The highest BCUT2D eigenvalue weighted by Gasteiger charge is 2.62. The van der Waals surface area contributed by atoms with E-state index in [2.05, 4.69) is 30.9 Å². The molecule has 3 aromatic rings. The summed E-state index contributed by atoms with van der Waals surface area (Å²) in [7, 11) is 0. The van der Waals surface area contributed by atoms with Gasteiger partial charge in [-0.1, -0.05) is 30.3 Å². The molecule has 1 N–H and O–H groups in total. The van der Waals surface area contributed by atoms with Crippen molar-refractivity contribution in [1.82, 2.24) is 30.6 Å². The molecule has 33 heavy (non-hydrogen) atoms. The quantitative estimate of drug-likeness (QED) is 0.484. The van der Waals surface area contributed by atoms with Crippen LogP contribution in [0.25, 0.3) is 0 Å². The Balaban J connectivity index is 1.32. The zero-order valence-electron chi connectivity index (χ0n) is 18.7. The van der Waals surface area contributed by atoms with Crippen LogP contribution < -0.4 is 5.43 Å². The maximum absolute atomic E-state index is 13.7. The average Bonchev–Trinajstić information content (AvgIpc) is 3.27. The molecule has 4 aliphatic rings. The van der Waals surface area contributed by atoms with Crippen LogP contribution in [0.1, 0.15) is 55.5 Å². The van der Waals surface area contributed by atoms with Crippen molar-refractivity contribution in [1.29, 1.82) is 0 Å². The number of hydrogen-bond acceptors (Lipinski definition) is 6. The van der Waals surface area contributed by atoms with Crippen LogP contribution in [0.5, 0.6) is 0 Å². The Morgan fingerprint density at radius 2 is 1.73 bits per heavy atom. The number of nitrogens with zero attached hydrogens (tertiary/aromatic N) is 6. The van der Waals surface area contributed by atoms with Crippen LogP contribution in [0.4, 0.5) is 0 Å². The Hall–Kier alpha value is -3.42. The summed E-state index contributed by atoms with van der Waals surface area (Å²) in [5.41, 5.74) is 4.93. The molecule has 0 saturated heterocycles. The fourth-order valence-corrected chi connectivity index (χ4v) is 6.83. The number of rotatable bonds is 5. The summed E-state index contributed by atoms with van der Waals surface area (Å²) in [6.07, 6.45) is 9.32. The second-order valence-electron chi connectivity index (χ2n) is 10.1. The number of aromatic nitrogens is 5. The molecule has 4 fully saturated rings. The molecular formula is C25H27N7O. The molecule has 4 atom stereocenters. The van der Waals surface area contributed by atoms with Crippen molar-refractivity contribution >= 4 is 11.6 Å². The second-order valence-corrected chi connectivity index (χ2v) is 10.1. The number of carbonyl (C=O) groups is 1. The van der Waals surface area contributed by atoms with Crippen molar-refractivity contribution < 1.29 is 4.79 Å². The molecule has 8 heteroatoms. The maximum atomic E-state index is 13.7. The Bertz CT molecular complexity index is 1150. The second kappa shape index (κ2) is 7.57. The van der Waals surface area contributed by atoms with E-state index in [1.54, 1.807) is 12.4 Å². The minimum absolute atomic E-state index is 0.0142. The summed E-state index contributed by atoms with van der Waals surface area (Å²) in [5, 5.41) is 17.7. The zero-order valence-corrected chi connectivity index (χ0v) is 18.7. The van der Waals surface area contributed by atoms with Crippen LogP contribution in [-0.4, -0.2) is 36.8 Å². The summed E-state index contributed by atoms with van der Waals surface area (Å²) < 4.78 is 0. The molecule has 2 heterocycles. The molecule has 2 aromatic heterocycles. The number of amides is 1. The number of aryl methyl sites for hydroxylation is 1. The molecular weight excluding hydrogens is 414 g/mol. The summed E-state index contributed by atoms with van der Waals surface area (Å²) in [6, 6.07) is 13.8. The first-order chi connectivity index (χ1) is 16.1. The van der Waals surface area contributed by atoms with E-state index in [1.807, 2.05) is 54.2 Å². The third-order valence-electron chi connectivity index (χ3n) is 7.72. The molecule has 0 radical (unpaired) electrons. The fraction of sp³-hybridized carbons (Fsp3) is 0.440. The Labute approximate surface area is 192 Å². The first-order valence-corrected chi connectivity index (χ1v) is 11.7. The highest BCUT2D eigenvalue weighted by molar-refractivity contribution is 6.13. The Morgan fingerprint density at radius 1 is 1.03 bits per heavy atom. The Kier molecular flexibility index (Phi) is 4.64. The zero-order chi connectivity index (χ0) is 22.5. The van der Waals surface area contributed by atoms with Crippen LogP contribution in [0.15, 0.2) is 60.0 Å². The summed E-state index contributed by atoms with van der Waals surface area (Å²) >= 11 is 0. The van der Waals surface area contributed by atoms with Gasteiger partial charge in [-0.3, -0.25) is 9.78 Å². The van der Waals surface area contributed by atoms with Crippen molar-refractivity contribution in [2.24, 2.45) is 22.4 Å². The SMILES string of the molecule is Cc1nnn(C23C[C@@H]4C[C@@H](CC(C(=O)N/N=C(/c5ccccc5)c5ccncc5)(C4)C2)C3)n1. The fourth-order valence-electron chi connectivity index (χ4n) is 6.83. The van der Waals surface area contributed by atoms with Crippen LogP contribution in [0.3, 0.4) is 0 Å². The lowest BCUT2D eigenvalue weighted by Gasteiger charge is -2.60. The van der Waals surface area contributed by atoms with E-state index in [0.29, 0.717) is 17.7 Å². The van der Waals surface area contributed by atoms with Crippen molar-refractivity contribution in [3.63, 3.8) is 0 Å². The largest absolute Gasteiger partial charge is 0.273 e. The molecule has 4 aliphatic carbocycles. The number of nitrogens with one attached hydrogen (secondary N) is 1. The number of tetrazole rings is 1. The van der Waals surface area contributed by atoms with E-state index < -0.39 is 5.41 Å². The van der Waals surface area contributed by atoms with Gasteiger partial charge in [0.2, 0.25) is 5.91 Å². The molecule has 2 unspecified atom stereocenters. The lowest BCUT2D eigenvalue weighted by molar-refractivity contribution is -0.157. The van der Waals surface area contributed by atoms with E-state index >= 15 is 0 Å². The van der Waals surface area contributed by atoms with Crippen molar-refractivity contribution in [2.75, 3.05) is 0 Å². The van der Waals surface area contributed by atoms with Crippen molar-refractivity contribution in [2.45, 2.75) is 51.0 Å². The van der Waals surface area contributed by atoms with Crippen LogP contribution in [-0.2, 0) is 10.3 Å². The lowest BCUT2D eigenvalue weighted by atomic mass is 9.46. The van der Waals surface area contributed by atoms with E-state index in [9.17, 15) is 4.79 Å². The number of benzene rings is 1. The number of carbonyl (C=O) groups excluding carboxylic acids is 1. The van der Waals surface area contributed by atoms with Gasteiger partial charge in [-0.25, -0.2) is 5.43 Å². The standard InChI is InChI=1S/C25H27N7O/c1-17-27-31-32(30-17)25-14-18-11-19(15-25)13-24(12-18,16-25)23(33)29-28-22(20-5-3-2-4-6-20)21-7-9-26-10-8-21/h2-10,18-19H,11-16H2,1H3,(H,29,33)/b28-22-/t18-,19+,24?,25?. The summed E-state index contributed by atoms with van der Waals surface area (Å²) in [6.45, 7) is 1.87. The molecule has 1 aromatic carbocycles. The summed E-state index contributed by atoms with van der Waals surface area (Å²) in [4.78, 5) is 19.7. The molecule has 1 amide bonds. The summed E-state index contributed by atoms with van der Waals surface area (Å²) in [5.74, 6) is 1.72. The van der Waals surface area contributed by atoms with Gasteiger partial charge in [0, 0.05) is 23.5 Å². The monoisotopic (exact) mass is 441 g/mol. The predicted molar refractivity (Wildman–Crippen MR) is 122 cm³/mol.